The van der Waals surface area contributed by atoms with Crippen molar-refractivity contribution in [2.24, 2.45) is 5.92 Å². The summed E-state index contributed by atoms with van der Waals surface area (Å²) in [7, 11) is 0. The van der Waals surface area contributed by atoms with Gasteiger partial charge in [-0.25, -0.2) is 9.18 Å². The number of piperidine rings is 1. The molecule has 0 bridgehead atoms. The molecule has 0 aromatic heterocycles. The number of likely N-dealkylation sites (tertiary alicyclic amines) is 1. The van der Waals surface area contributed by atoms with E-state index in [0.29, 0.717) is 6.54 Å². The van der Waals surface area contributed by atoms with Crippen LogP contribution >= 0.6 is 0 Å². The van der Waals surface area contributed by atoms with Gasteiger partial charge in [-0.15, -0.1) is 0 Å². The monoisotopic (exact) mass is 215 g/mol. The van der Waals surface area contributed by atoms with Gasteiger partial charge in [-0.3, -0.25) is 0 Å². The van der Waals surface area contributed by atoms with Gasteiger partial charge in [-0.2, -0.15) is 0 Å². The molecule has 2 aliphatic rings. The Bertz CT molecular complexity index is 274. The van der Waals surface area contributed by atoms with E-state index in [4.69, 9.17) is 4.74 Å². The predicted molar refractivity (Wildman–Crippen MR) is 54.3 cm³/mol. The van der Waals surface area contributed by atoms with E-state index in [9.17, 15) is 9.18 Å². The van der Waals surface area contributed by atoms with E-state index in [1.807, 2.05) is 20.8 Å². The zero-order valence-corrected chi connectivity index (χ0v) is 9.50. The highest BCUT2D eigenvalue weighted by Gasteiger charge is 2.58. The molecule has 86 valence electrons. The lowest BCUT2D eigenvalue weighted by Gasteiger charge is -2.29. The molecule has 3 nitrogen and oxygen atoms in total. The summed E-state index contributed by atoms with van der Waals surface area (Å²) in [6.07, 6.45) is 0.615. The first-order chi connectivity index (χ1) is 6.90. The van der Waals surface area contributed by atoms with Crippen LogP contribution in [0.3, 0.4) is 0 Å². The van der Waals surface area contributed by atoms with Crippen LogP contribution in [0.25, 0.3) is 0 Å². The van der Waals surface area contributed by atoms with Gasteiger partial charge < -0.3 is 9.64 Å². The van der Waals surface area contributed by atoms with Crippen LogP contribution in [0.2, 0.25) is 0 Å². The smallest absolute Gasteiger partial charge is 0.410 e. The maximum absolute atomic E-state index is 13.3. The molecular formula is C11H18FNO2. The second-order valence-corrected chi connectivity index (χ2v) is 5.41. The van der Waals surface area contributed by atoms with Gasteiger partial charge >= 0.3 is 6.09 Å². The first-order valence-corrected chi connectivity index (χ1v) is 5.54. The molecule has 1 amide bonds. The Morgan fingerprint density at radius 1 is 1.47 bits per heavy atom. The Balaban J connectivity index is 1.96. The van der Waals surface area contributed by atoms with Crippen LogP contribution in [-0.2, 0) is 4.74 Å². The number of halogens is 1. The molecule has 1 aliphatic carbocycles. The summed E-state index contributed by atoms with van der Waals surface area (Å²) in [5, 5.41) is 0. The zero-order valence-electron chi connectivity index (χ0n) is 9.50. The minimum absolute atomic E-state index is 0.0752. The summed E-state index contributed by atoms with van der Waals surface area (Å²) in [6.45, 7) is 6.11. The first kappa shape index (κ1) is 10.7. The lowest BCUT2D eigenvalue weighted by molar-refractivity contribution is 0.0185. The summed E-state index contributed by atoms with van der Waals surface area (Å²) in [5.41, 5.74) is -0.495. The van der Waals surface area contributed by atoms with Crippen molar-refractivity contribution in [3.8, 4) is 0 Å². The number of rotatable bonds is 0. The molecule has 1 heterocycles. The first-order valence-electron chi connectivity index (χ1n) is 5.54. The minimum atomic E-state index is -0.819. The summed E-state index contributed by atoms with van der Waals surface area (Å²) >= 11 is 0. The van der Waals surface area contributed by atoms with Crippen LogP contribution in [0.15, 0.2) is 0 Å². The van der Waals surface area contributed by atoms with E-state index < -0.39 is 11.8 Å². The van der Waals surface area contributed by atoms with E-state index in [1.54, 1.807) is 4.90 Å². The van der Waals surface area contributed by atoms with Gasteiger partial charge in [0, 0.05) is 12.5 Å². The molecule has 1 unspecified atom stereocenters. The van der Waals surface area contributed by atoms with Crippen molar-refractivity contribution in [2.45, 2.75) is 51.4 Å². The second kappa shape index (κ2) is 3.35. The number of fused-ring (bicyclic) bond motifs is 1. The molecule has 0 N–H and O–H groups in total. The SMILES string of the molecule is CC(C)(C)OC(=O)N1CCC[C@@H]2C1[C@@H]2F. The molecule has 3 atom stereocenters. The van der Waals surface area contributed by atoms with Gasteiger partial charge in [0.1, 0.15) is 11.8 Å². The lowest BCUT2D eigenvalue weighted by Crippen LogP contribution is -2.41. The van der Waals surface area contributed by atoms with E-state index in [2.05, 4.69) is 0 Å². The van der Waals surface area contributed by atoms with Crippen LogP contribution in [0.1, 0.15) is 33.6 Å². The third-order valence-electron chi connectivity index (χ3n) is 2.96. The van der Waals surface area contributed by atoms with Crippen molar-refractivity contribution >= 4 is 6.09 Å². The fourth-order valence-electron chi connectivity index (χ4n) is 2.23. The van der Waals surface area contributed by atoms with E-state index in [-0.39, 0.29) is 18.1 Å². The average molecular weight is 215 g/mol. The van der Waals surface area contributed by atoms with Gasteiger partial charge in [0.05, 0.1) is 6.04 Å². The maximum Gasteiger partial charge on any atom is 0.410 e. The minimum Gasteiger partial charge on any atom is -0.444 e. The van der Waals surface area contributed by atoms with Crippen molar-refractivity contribution in [1.82, 2.24) is 4.90 Å². The van der Waals surface area contributed by atoms with Gasteiger partial charge in [0.25, 0.3) is 0 Å². The van der Waals surface area contributed by atoms with E-state index in [1.165, 1.54) is 0 Å². The molecule has 2 fully saturated rings. The van der Waals surface area contributed by atoms with Crippen LogP contribution in [0, 0.1) is 5.92 Å². The van der Waals surface area contributed by atoms with E-state index in [0.717, 1.165) is 12.8 Å². The number of carbonyl (C=O) groups is 1. The highest BCUT2D eigenvalue weighted by atomic mass is 19.1. The van der Waals surface area contributed by atoms with E-state index >= 15 is 0 Å². The van der Waals surface area contributed by atoms with Crippen LogP contribution in [0.4, 0.5) is 9.18 Å². The molecule has 2 rings (SSSR count). The number of nitrogens with zero attached hydrogens (tertiary/aromatic N) is 1. The molecule has 0 aromatic rings. The lowest BCUT2D eigenvalue weighted by atomic mass is 10.1. The number of amides is 1. The number of ether oxygens (including phenoxy) is 1. The fraction of sp³-hybridized carbons (Fsp3) is 0.909. The molecule has 1 aliphatic heterocycles. The van der Waals surface area contributed by atoms with Crippen molar-refractivity contribution in [2.75, 3.05) is 6.54 Å². The third kappa shape index (κ3) is 2.08. The van der Waals surface area contributed by atoms with Crippen molar-refractivity contribution in [3.05, 3.63) is 0 Å². The van der Waals surface area contributed by atoms with Crippen LogP contribution < -0.4 is 0 Å². The molecular weight excluding hydrogens is 197 g/mol. The normalized spacial score (nSPS) is 34.7. The molecule has 1 saturated heterocycles. The molecule has 0 aromatic carbocycles. The summed E-state index contributed by atoms with van der Waals surface area (Å²) in [4.78, 5) is 13.3. The maximum atomic E-state index is 13.3. The molecule has 1 saturated carbocycles. The predicted octanol–water partition coefficient (Wildman–Crippen LogP) is 2.35. The quantitative estimate of drug-likeness (QED) is 0.620. The zero-order chi connectivity index (χ0) is 11.2. The highest BCUT2D eigenvalue weighted by molar-refractivity contribution is 5.69. The largest absolute Gasteiger partial charge is 0.444 e. The molecule has 4 heteroatoms. The van der Waals surface area contributed by atoms with Gasteiger partial charge in [-0.1, -0.05) is 0 Å². The second-order valence-electron chi connectivity index (χ2n) is 5.41. The molecule has 0 radical (unpaired) electrons. The number of alkyl halides is 1. The van der Waals surface area contributed by atoms with Gasteiger partial charge in [0.2, 0.25) is 0 Å². The number of hydrogen-bond donors (Lipinski definition) is 0. The summed E-state index contributed by atoms with van der Waals surface area (Å²) < 4.78 is 18.5. The number of carbonyl (C=O) groups excluding carboxylic acids is 1. The van der Waals surface area contributed by atoms with Crippen molar-refractivity contribution in [3.63, 3.8) is 0 Å². The van der Waals surface area contributed by atoms with Crippen molar-refractivity contribution < 1.29 is 13.9 Å². The Labute approximate surface area is 89.6 Å². The van der Waals surface area contributed by atoms with Gasteiger partial charge in [-0.05, 0) is 33.6 Å². The number of hydrogen-bond acceptors (Lipinski definition) is 2. The van der Waals surface area contributed by atoms with Gasteiger partial charge in [0.15, 0.2) is 0 Å². The average Bonchev–Trinajstić information content (AvgIpc) is 2.75. The summed E-state index contributed by atoms with van der Waals surface area (Å²) in [5.74, 6) is 0.0752. The summed E-state index contributed by atoms with van der Waals surface area (Å²) in [6, 6.07) is -0.200. The highest BCUT2D eigenvalue weighted by Crippen LogP contribution is 2.46. The Morgan fingerprint density at radius 2 is 2.13 bits per heavy atom. The van der Waals surface area contributed by atoms with Crippen LogP contribution in [-0.4, -0.2) is 35.4 Å². The topological polar surface area (TPSA) is 29.5 Å². The molecule has 15 heavy (non-hydrogen) atoms. The Kier molecular flexibility index (Phi) is 2.40. The molecule has 0 spiro atoms. The fourth-order valence-corrected chi connectivity index (χ4v) is 2.23. The van der Waals surface area contributed by atoms with Crippen LogP contribution in [0.5, 0.6) is 0 Å². The Morgan fingerprint density at radius 3 is 2.73 bits per heavy atom. The third-order valence-corrected chi connectivity index (χ3v) is 2.96. The Hall–Kier alpha value is -0.800. The standard InChI is InChI=1S/C11H18FNO2/c1-11(2,3)15-10(14)13-6-4-5-7-8(12)9(7)13/h7-9H,4-6H2,1-3H3/t7-,8+,9?/m0/s1. The van der Waals surface area contributed by atoms with Crippen molar-refractivity contribution in [1.29, 1.82) is 0 Å².